The Bertz CT molecular complexity index is 1030. The minimum absolute atomic E-state index is 0.0881. The van der Waals surface area contributed by atoms with E-state index < -0.39 is 22.8 Å². The summed E-state index contributed by atoms with van der Waals surface area (Å²) in [6.45, 7) is 5.27. The number of hydrogen-bond donors (Lipinski definition) is 1. The molecule has 26 heavy (non-hydrogen) atoms. The van der Waals surface area contributed by atoms with E-state index in [9.17, 15) is 19.1 Å². The van der Waals surface area contributed by atoms with Gasteiger partial charge in [-0.25, -0.2) is 14.2 Å². The van der Waals surface area contributed by atoms with E-state index in [0.29, 0.717) is 24.7 Å². The van der Waals surface area contributed by atoms with Gasteiger partial charge in [0.1, 0.15) is 11.4 Å². The van der Waals surface area contributed by atoms with Crippen molar-refractivity contribution in [3.05, 3.63) is 58.3 Å². The molecular formula is C18H17FN4O3. The Morgan fingerprint density at radius 2 is 1.88 bits per heavy atom. The summed E-state index contributed by atoms with van der Waals surface area (Å²) in [6, 6.07) is 5.49. The van der Waals surface area contributed by atoms with Crippen molar-refractivity contribution >= 4 is 23.0 Å². The fraction of sp³-hybridized carbons (Fsp3) is 0.222. The highest BCUT2D eigenvalue weighted by molar-refractivity contribution is 5.92. The molecule has 0 saturated carbocycles. The van der Waals surface area contributed by atoms with Gasteiger partial charge in [-0.3, -0.25) is 4.79 Å². The molecule has 8 heteroatoms. The monoisotopic (exact) mass is 356 g/mol. The number of nitrogens with zero attached hydrogens (tertiary/aromatic N) is 4. The Morgan fingerprint density at radius 3 is 2.46 bits per heavy atom. The first kappa shape index (κ1) is 17.5. The molecule has 0 spiro atoms. The van der Waals surface area contributed by atoms with Crippen molar-refractivity contribution in [1.82, 2.24) is 14.5 Å². The average molecular weight is 356 g/mol. The summed E-state index contributed by atoms with van der Waals surface area (Å²) in [5.41, 5.74) is -0.301. The number of hydrogen-bond acceptors (Lipinski definition) is 5. The van der Waals surface area contributed by atoms with Gasteiger partial charge in [0, 0.05) is 31.2 Å². The van der Waals surface area contributed by atoms with Crippen molar-refractivity contribution in [2.45, 2.75) is 13.8 Å². The molecule has 0 atom stereocenters. The summed E-state index contributed by atoms with van der Waals surface area (Å²) in [6.07, 6.45) is 2.55. The van der Waals surface area contributed by atoms with Gasteiger partial charge in [-0.05, 0) is 38.1 Å². The SMILES string of the molecule is CCN(CC)c1ncc2c(=O)c(C(=O)O)cn(-c3ccc(F)cc3)c2n1. The summed E-state index contributed by atoms with van der Waals surface area (Å²) in [5, 5.41) is 9.43. The van der Waals surface area contributed by atoms with Crippen molar-refractivity contribution < 1.29 is 14.3 Å². The van der Waals surface area contributed by atoms with Crippen LogP contribution in [0, 0.1) is 5.82 Å². The molecule has 134 valence electrons. The predicted molar refractivity (Wildman–Crippen MR) is 95.6 cm³/mol. The maximum absolute atomic E-state index is 13.3. The molecule has 0 amide bonds. The molecule has 3 rings (SSSR count). The van der Waals surface area contributed by atoms with Crippen molar-refractivity contribution in [3.8, 4) is 5.69 Å². The fourth-order valence-corrected chi connectivity index (χ4v) is 2.71. The van der Waals surface area contributed by atoms with Gasteiger partial charge < -0.3 is 14.6 Å². The first-order chi connectivity index (χ1) is 12.5. The highest BCUT2D eigenvalue weighted by Crippen LogP contribution is 2.19. The van der Waals surface area contributed by atoms with E-state index in [1.807, 2.05) is 18.7 Å². The number of carboxylic acids is 1. The van der Waals surface area contributed by atoms with E-state index >= 15 is 0 Å². The molecule has 2 heterocycles. The van der Waals surface area contributed by atoms with Crippen molar-refractivity contribution in [1.29, 1.82) is 0 Å². The second-order valence-electron chi connectivity index (χ2n) is 5.60. The van der Waals surface area contributed by atoms with E-state index in [2.05, 4.69) is 9.97 Å². The normalized spacial score (nSPS) is 10.9. The quantitative estimate of drug-likeness (QED) is 0.755. The zero-order valence-electron chi connectivity index (χ0n) is 14.3. The molecule has 3 aromatic rings. The summed E-state index contributed by atoms with van der Waals surface area (Å²) >= 11 is 0. The zero-order chi connectivity index (χ0) is 18.8. The molecule has 7 nitrogen and oxygen atoms in total. The average Bonchev–Trinajstić information content (AvgIpc) is 2.64. The molecule has 0 bridgehead atoms. The maximum atomic E-state index is 13.3. The Kier molecular flexibility index (Phi) is 4.66. The van der Waals surface area contributed by atoms with Crippen LogP contribution in [0.4, 0.5) is 10.3 Å². The maximum Gasteiger partial charge on any atom is 0.341 e. The second-order valence-corrected chi connectivity index (χ2v) is 5.60. The number of aromatic nitrogens is 3. The minimum atomic E-state index is -1.35. The Balaban J connectivity index is 2.36. The van der Waals surface area contributed by atoms with Gasteiger partial charge in [0.05, 0.1) is 5.39 Å². The number of anilines is 1. The van der Waals surface area contributed by atoms with Gasteiger partial charge in [0.25, 0.3) is 0 Å². The van der Waals surface area contributed by atoms with Gasteiger partial charge in [-0.15, -0.1) is 0 Å². The summed E-state index contributed by atoms with van der Waals surface area (Å²) < 4.78 is 14.7. The van der Waals surface area contributed by atoms with Crippen molar-refractivity contribution in [2.24, 2.45) is 0 Å². The molecule has 1 aromatic carbocycles. The number of aromatic carboxylic acids is 1. The summed E-state index contributed by atoms with van der Waals surface area (Å²) in [4.78, 5) is 34.5. The molecule has 0 radical (unpaired) electrons. The lowest BCUT2D eigenvalue weighted by atomic mass is 10.2. The van der Waals surface area contributed by atoms with Crippen molar-refractivity contribution in [2.75, 3.05) is 18.0 Å². The lowest BCUT2D eigenvalue weighted by molar-refractivity contribution is 0.0695. The van der Waals surface area contributed by atoms with Gasteiger partial charge >= 0.3 is 5.97 Å². The molecule has 0 saturated heterocycles. The van der Waals surface area contributed by atoms with Gasteiger partial charge in [-0.2, -0.15) is 4.98 Å². The van der Waals surface area contributed by atoms with Gasteiger partial charge in [-0.1, -0.05) is 0 Å². The number of halogens is 1. The van der Waals surface area contributed by atoms with Crippen LogP contribution in [0.3, 0.4) is 0 Å². The van der Waals surface area contributed by atoms with Crippen LogP contribution in [-0.2, 0) is 0 Å². The number of carbonyl (C=O) groups is 1. The van der Waals surface area contributed by atoms with Crippen LogP contribution in [0.5, 0.6) is 0 Å². The zero-order valence-corrected chi connectivity index (χ0v) is 14.3. The van der Waals surface area contributed by atoms with Crippen LogP contribution < -0.4 is 10.3 Å². The predicted octanol–water partition coefficient (Wildman–Crippen LogP) is 2.46. The minimum Gasteiger partial charge on any atom is -0.477 e. The van der Waals surface area contributed by atoms with Crippen LogP contribution in [-0.4, -0.2) is 38.7 Å². The third-order valence-electron chi connectivity index (χ3n) is 4.11. The number of fused-ring (bicyclic) bond motifs is 1. The smallest absolute Gasteiger partial charge is 0.341 e. The molecule has 1 N–H and O–H groups in total. The van der Waals surface area contributed by atoms with E-state index in [-0.39, 0.29) is 11.0 Å². The largest absolute Gasteiger partial charge is 0.477 e. The van der Waals surface area contributed by atoms with E-state index in [1.54, 1.807) is 0 Å². The lowest BCUT2D eigenvalue weighted by Crippen LogP contribution is -2.25. The van der Waals surface area contributed by atoms with Crippen LogP contribution in [0.15, 0.2) is 41.5 Å². The Hall–Kier alpha value is -3.29. The molecule has 0 aliphatic carbocycles. The third kappa shape index (κ3) is 3.01. The standard InChI is InChI=1S/C18H17FN4O3/c1-3-22(4-2)18-20-9-13-15(24)14(17(25)26)10-23(16(13)21-18)12-7-5-11(19)6-8-12/h5-10H,3-4H2,1-2H3,(H,25,26). The number of carboxylic acid groups (broad SMARTS) is 1. The number of benzene rings is 1. The van der Waals surface area contributed by atoms with Crippen LogP contribution in [0.2, 0.25) is 0 Å². The Labute approximate surface area is 148 Å². The lowest BCUT2D eigenvalue weighted by Gasteiger charge is -2.19. The van der Waals surface area contributed by atoms with Gasteiger partial charge in [0.2, 0.25) is 11.4 Å². The second kappa shape index (κ2) is 6.91. The van der Waals surface area contributed by atoms with Crippen LogP contribution in [0.1, 0.15) is 24.2 Å². The van der Waals surface area contributed by atoms with E-state index in [1.165, 1.54) is 41.2 Å². The highest BCUT2D eigenvalue weighted by atomic mass is 19.1. The number of rotatable bonds is 5. The molecule has 2 aromatic heterocycles. The highest BCUT2D eigenvalue weighted by Gasteiger charge is 2.18. The van der Waals surface area contributed by atoms with Gasteiger partial charge in [0.15, 0.2) is 5.65 Å². The van der Waals surface area contributed by atoms with E-state index in [0.717, 1.165) is 0 Å². The number of pyridine rings is 1. The first-order valence-corrected chi connectivity index (χ1v) is 8.12. The first-order valence-electron chi connectivity index (χ1n) is 8.12. The topological polar surface area (TPSA) is 88.3 Å². The molecule has 0 aliphatic rings. The third-order valence-corrected chi connectivity index (χ3v) is 4.11. The molecule has 0 aliphatic heterocycles. The van der Waals surface area contributed by atoms with Crippen LogP contribution in [0.25, 0.3) is 16.7 Å². The summed E-state index contributed by atoms with van der Waals surface area (Å²) in [5.74, 6) is -1.34. The molecule has 0 fully saturated rings. The van der Waals surface area contributed by atoms with Crippen LogP contribution >= 0.6 is 0 Å². The van der Waals surface area contributed by atoms with Crippen molar-refractivity contribution in [3.63, 3.8) is 0 Å². The molecule has 0 unspecified atom stereocenters. The fourth-order valence-electron chi connectivity index (χ4n) is 2.71. The Morgan fingerprint density at radius 1 is 1.23 bits per heavy atom. The summed E-state index contributed by atoms with van der Waals surface area (Å²) in [7, 11) is 0. The molecular weight excluding hydrogens is 339 g/mol. The van der Waals surface area contributed by atoms with E-state index in [4.69, 9.17) is 0 Å².